The van der Waals surface area contributed by atoms with Gasteiger partial charge in [-0.2, -0.15) is 0 Å². The molecule has 1 atom stereocenters. The summed E-state index contributed by atoms with van der Waals surface area (Å²) >= 11 is 0. The van der Waals surface area contributed by atoms with Crippen LogP contribution in [0.5, 0.6) is 0 Å². The molecule has 1 aliphatic rings. The highest BCUT2D eigenvalue weighted by Gasteiger charge is 2.45. The molecule has 0 spiro atoms. The highest BCUT2D eigenvalue weighted by Crippen LogP contribution is 2.35. The molecule has 1 aromatic heterocycles. The van der Waals surface area contributed by atoms with Gasteiger partial charge in [0, 0.05) is 12.1 Å². The van der Waals surface area contributed by atoms with E-state index < -0.39 is 5.97 Å². The van der Waals surface area contributed by atoms with Gasteiger partial charge < -0.3 is 9.52 Å². The zero-order valence-corrected chi connectivity index (χ0v) is 9.64. The summed E-state index contributed by atoms with van der Waals surface area (Å²) < 4.78 is 5.30. The molecule has 1 N–H and O–H groups in total. The van der Waals surface area contributed by atoms with Gasteiger partial charge in [-0.1, -0.05) is 0 Å². The number of rotatable bonds is 3. The van der Waals surface area contributed by atoms with E-state index in [1.54, 1.807) is 6.26 Å². The van der Waals surface area contributed by atoms with Crippen LogP contribution >= 0.6 is 0 Å². The Bertz CT molecular complexity index is 370. The van der Waals surface area contributed by atoms with Crippen molar-refractivity contribution in [2.45, 2.75) is 32.4 Å². The van der Waals surface area contributed by atoms with E-state index in [0.717, 1.165) is 12.3 Å². The largest absolute Gasteiger partial charge is 0.481 e. The summed E-state index contributed by atoms with van der Waals surface area (Å²) in [4.78, 5) is 13.3. The van der Waals surface area contributed by atoms with Crippen molar-refractivity contribution >= 4 is 5.97 Å². The average Bonchev–Trinajstić information content (AvgIpc) is 2.76. The van der Waals surface area contributed by atoms with Crippen molar-refractivity contribution < 1.29 is 14.3 Å². The van der Waals surface area contributed by atoms with Gasteiger partial charge in [0.2, 0.25) is 0 Å². The average molecular weight is 223 g/mol. The lowest BCUT2D eigenvalue weighted by Crippen LogP contribution is -2.44. The maximum absolute atomic E-state index is 11.1. The second kappa shape index (κ2) is 3.94. The van der Waals surface area contributed by atoms with E-state index in [1.807, 2.05) is 26.0 Å². The summed E-state index contributed by atoms with van der Waals surface area (Å²) in [5.41, 5.74) is -0.307. The molecule has 1 fully saturated rings. The zero-order chi connectivity index (χ0) is 11.8. The van der Waals surface area contributed by atoms with Crippen LogP contribution in [0, 0.1) is 5.92 Å². The summed E-state index contributed by atoms with van der Waals surface area (Å²) in [5, 5.41) is 9.14. The predicted molar refractivity (Wildman–Crippen MR) is 58.9 cm³/mol. The van der Waals surface area contributed by atoms with Crippen molar-refractivity contribution in [1.82, 2.24) is 4.90 Å². The number of nitrogens with zero attached hydrogens (tertiary/aromatic N) is 1. The fraction of sp³-hybridized carbons (Fsp3) is 0.583. The van der Waals surface area contributed by atoms with Crippen molar-refractivity contribution in [3.63, 3.8) is 0 Å². The first-order valence-corrected chi connectivity index (χ1v) is 5.52. The smallest absolute Gasteiger partial charge is 0.308 e. The van der Waals surface area contributed by atoms with Gasteiger partial charge >= 0.3 is 5.97 Å². The summed E-state index contributed by atoms with van der Waals surface area (Å²) in [7, 11) is 0. The highest BCUT2D eigenvalue weighted by molar-refractivity contribution is 5.72. The Morgan fingerprint density at radius 3 is 2.94 bits per heavy atom. The Balaban J connectivity index is 2.10. The first-order valence-electron chi connectivity index (χ1n) is 5.52. The van der Waals surface area contributed by atoms with Crippen molar-refractivity contribution in [3.05, 3.63) is 24.2 Å². The number of hydrogen-bond acceptors (Lipinski definition) is 3. The number of carboxylic acid groups (broad SMARTS) is 1. The van der Waals surface area contributed by atoms with Gasteiger partial charge in [0.1, 0.15) is 5.76 Å². The summed E-state index contributed by atoms with van der Waals surface area (Å²) in [6.45, 7) is 5.47. The molecule has 0 bridgehead atoms. The molecule has 1 saturated heterocycles. The Kier molecular flexibility index (Phi) is 2.76. The second-order valence-electron chi connectivity index (χ2n) is 4.83. The van der Waals surface area contributed by atoms with Crippen LogP contribution in [-0.2, 0) is 11.3 Å². The van der Waals surface area contributed by atoms with E-state index >= 15 is 0 Å². The third kappa shape index (κ3) is 1.85. The maximum atomic E-state index is 11.1. The van der Waals surface area contributed by atoms with E-state index in [9.17, 15) is 4.79 Å². The Morgan fingerprint density at radius 1 is 1.69 bits per heavy atom. The first kappa shape index (κ1) is 11.2. The number of likely N-dealkylation sites (tertiary alicyclic amines) is 1. The van der Waals surface area contributed by atoms with Crippen molar-refractivity contribution in [3.8, 4) is 0 Å². The van der Waals surface area contributed by atoms with Crippen LogP contribution in [-0.4, -0.2) is 28.1 Å². The molecule has 4 nitrogen and oxygen atoms in total. The standard InChI is InChI=1S/C12H17NO3/c1-12(2)10(11(14)15)5-6-13(12)8-9-4-3-7-16-9/h3-4,7,10H,5-6,8H2,1-2H3,(H,14,15). The molecule has 1 unspecified atom stereocenters. The molecule has 2 heterocycles. The first-order chi connectivity index (χ1) is 7.51. The fourth-order valence-electron chi connectivity index (χ4n) is 2.45. The molecular formula is C12H17NO3. The van der Waals surface area contributed by atoms with Crippen LogP contribution in [0.1, 0.15) is 26.0 Å². The molecule has 16 heavy (non-hydrogen) atoms. The minimum atomic E-state index is -0.702. The molecule has 0 amide bonds. The van der Waals surface area contributed by atoms with Gasteiger partial charge in [0.25, 0.3) is 0 Å². The van der Waals surface area contributed by atoms with E-state index in [-0.39, 0.29) is 11.5 Å². The lowest BCUT2D eigenvalue weighted by atomic mass is 9.88. The van der Waals surface area contributed by atoms with Gasteiger partial charge in [0.15, 0.2) is 0 Å². The monoisotopic (exact) mass is 223 g/mol. The predicted octanol–water partition coefficient (Wildman–Crippen LogP) is 1.96. The number of aliphatic carboxylic acids is 1. The van der Waals surface area contributed by atoms with Crippen LogP contribution in [0.25, 0.3) is 0 Å². The Morgan fingerprint density at radius 2 is 2.44 bits per heavy atom. The second-order valence-corrected chi connectivity index (χ2v) is 4.83. The summed E-state index contributed by atoms with van der Waals surface area (Å²) in [6, 6.07) is 3.78. The van der Waals surface area contributed by atoms with Crippen molar-refractivity contribution in [2.75, 3.05) is 6.54 Å². The normalized spacial score (nSPS) is 24.8. The molecule has 88 valence electrons. The van der Waals surface area contributed by atoms with Crippen LogP contribution in [0.15, 0.2) is 22.8 Å². The molecular weight excluding hydrogens is 206 g/mol. The van der Waals surface area contributed by atoms with Crippen molar-refractivity contribution in [2.24, 2.45) is 5.92 Å². The third-order valence-corrected chi connectivity index (χ3v) is 3.58. The fourth-order valence-corrected chi connectivity index (χ4v) is 2.45. The van der Waals surface area contributed by atoms with E-state index in [1.165, 1.54) is 0 Å². The zero-order valence-electron chi connectivity index (χ0n) is 9.64. The van der Waals surface area contributed by atoms with E-state index in [4.69, 9.17) is 9.52 Å². The number of hydrogen-bond donors (Lipinski definition) is 1. The minimum Gasteiger partial charge on any atom is -0.481 e. The van der Waals surface area contributed by atoms with Crippen LogP contribution in [0.4, 0.5) is 0 Å². The summed E-state index contributed by atoms with van der Waals surface area (Å²) in [6.07, 6.45) is 2.36. The molecule has 0 aromatic carbocycles. The van der Waals surface area contributed by atoms with Crippen LogP contribution < -0.4 is 0 Å². The molecule has 0 radical (unpaired) electrons. The summed E-state index contributed by atoms with van der Waals surface area (Å²) in [5.74, 6) is -0.103. The van der Waals surface area contributed by atoms with Gasteiger partial charge in [-0.15, -0.1) is 0 Å². The van der Waals surface area contributed by atoms with Gasteiger partial charge in [-0.3, -0.25) is 9.69 Å². The lowest BCUT2D eigenvalue weighted by Gasteiger charge is -2.33. The van der Waals surface area contributed by atoms with Crippen LogP contribution in [0.3, 0.4) is 0 Å². The quantitative estimate of drug-likeness (QED) is 0.851. The van der Waals surface area contributed by atoms with Crippen molar-refractivity contribution in [1.29, 1.82) is 0 Å². The van der Waals surface area contributed by atoms with E-state index in [0.29, 0.717) is 13.0 Å². The molecule has 1 aliphatic heterocycles. The van der Waals surface area contributed by atoms with E-state index in [2.05, 4.69) is 4.90 Å². The lowest BCUT2D eigenvalue weighted by molar-refractivity contribution is -0.144. The Hall–Kier alpha value is -1.29. The minimum absolute atomic E-state index is 0.289. The van der Waals surface area contributed by atoms with Gasteiger partial charge in [0.05, 0.1) is 18.7 Å². The Labute approximate surface area is 94.9 Å². The maximum Gasteiger partial charge on any atom is 0.308 e. The van der Waals surface area contributed by atoms with Gasteiger partial charge in [-0.05, 0) is 32.4 Å². The number of carboxylic acids is 1. The molecule has 0 aliphatic carbocycles. The molecule has 4 heteroatoms. The SMILES string of the molecule is CC1(C)C(C(=O)O)CCN1Cc1ccco1. The molecule has 1 aromatic rings. The number of furan rings is 1. The molecule has 2 rings (SSSR count). The number of carbonyl (C=O) groups is 1. The molecule has 0 saturated carbocycles. The topological polar surface area (TPSA) is 53.7 Å². The third-order valence-electron chi connectivity index (χ3n) is 3.58. The highest BCUT2D eigenvalue weighted by atomic mass is 16.4. The van der Waals surface area contributed by atoms with Crippen LogP contribution in [0.2, 0.25) is 0 Å². The van der Waals surface area contributed by atoms with Gasteiger partial charge in [-0.25, -0.2) is 0 Å².